The molecule has 0 heterocycles. The fourth-order valence-electron chi connectivity index (χ4n) is 6.72. The maximum absolute atomic E-state index is 2.63. The zero-order valence-corrected chi connectivity index (χ0v) is 17.3. The maximum atomic E-state index is 2.63. The van der Waals surface area contributed by atoms with Gasteiger partial charge in [-0.2, -0.15) is 0 Å². The van der Waals surface area contributed by atoms with E-state index >= 15 is 0 Å². The van der Waals surface area contributed by atoms with Crippen LogP contribution in [0.15, 0.2) is 18.2 Å². The average Bonchev–Trinajstić information content (AvgIpc) is 2.68. The first-order chi connectivity index (χ1) is 12.8. The number of benzene rings is 1. The van der Waals surface area contributed by atoms with E-state index in [1.54, 1.807) is 23.1 Å². The lowest BCUT2D eigenvalue weighted by Crippen LogP contribution is -2.30. The van der Waals surface area contributed by atoms with Gasteiger partial charge in [0.15, 0.2) is 0 Å². The second kappa shape index (κ2) is 8.49. The number of fused-ring (bicyclic) bond motifs is 2. The van der Waals surface area contributed by atoms with Crippen molar-refractivity contribution in [3.05, 3.63) is 34.9 Å². The number of aryl methyl sites for hydroxylation is 1. The molecule has 4 rings (SSSR count). The van der Waals surface area contributed by atoms with Crippen molar-refractivity contribution < 1.29 is 0 Å². The summed E-state index contributed by atoms with van der Waals surface area (Å²) in [6.45, 7) is 4.70. The second-order valence-electron chi connectivity index (χ2n) is 9.92. The molecule has 2 saturated carbocycles. The molecule has 1 aromatic carbocycles. The zero-order valence-electron chi connectivity index (χ0n) is 17.3. The van der Waals surface area contributed by atoms with Gasteiger partial charge in [0.2, 0.25) is 0 Å². The van der Waals surface area contributed by atoms with Gasteiger partial charge in [-0.15, -0.1) is 0 Å². The minimum absolute atomic E-state index is 0.859. The zero-order chi connectivity index (χ0) is 17.9. The largest absolute Gasteiger partial charge is 0.0654 e. The van der Waals surface area contributed by atoms with Crippen molar-refractivity contribution >= 4 is 0 Å². The molecule has 0 N–H and O–H groups in total. The summed E-state index contributed by atoms with van der Waals surface area (Å²) in [5, 5.41) is 0. The first kappa shape index (κ1) is 18.6. The van der Waals surface area contributed by atoms with Crippen LogP contribution in [0.5, 0.6) is 0 Å². The number of rotatable bonds is 5. The van der Waals surface area contributed by atoms with E-state index in [4.69, 9.17) is 0 Å². The van der Waals surface area contributed by atoms with Crippen molar-refractivity contribution in [2.75, 3.05) is 0 Å². The monoisotopic (exact) mass is 352 g/mol. The highest BCUT2D eigenvalue weighted by molar-refractivity contribution is 5.36. The molecule has 0 aliphatic heterocycles. The molecule has 0 heteroatoms. The van der Waals surface area contributed by atoms with Gasteiger partial charge in [0.25, 0.3) is 0 Å². The molecular weight excluding hydrogens is 312 g/mol. The lowest BCUT2D eigenvalue weighted by atomic mass is 9.63. The van der Waals surface area contributed by atoms with Crippen LogP contribution >= 0.6 is 0 Å². The fourth-order valence-corrected chi connectivity index (χ4v) is 6.72. The number of hydrogen-bond donors (Lipinski definition) is 0. The van der Waals surface area contributed by atoms with Crippen LogP contribution in [0.25, 0.3) is 0 Å². The van der Waals surface area contributed by atoms with Gasteiger partial charge < -0.3 is 0 Å². The lowest BCUT2D eigenvalue weighted by molar-refractivity contribution is 0.114. The summed E-state index contributed by atoms with van der Waals surface area (Å²) in [5.74, 6) is 4.96. The topological polar surface area (TPSA) is 0 Å². The first-order valence-corrected chi connectivity index (χ1v) is 11.9. The molecule has 0 saturated heterocycles. The molecule has 1 aromatic rings. The molecule has 0 radical (unpaired) electrons. The Morgan fingerprint density at radius 1 is 0.769 bits per heavy atom. The van der Waals surface area contributed by atoms with Crippen molar-refractivity contribution in [3.8, 4) is 0 Å². The Bertz CT molecular complexity index is 586. The van der Waals surface area contributed by atoms with E-state index in [0.717, 1.165) is 29.6 Å². The van der Waals surface area contributed by atoms with Crippen LogP contribution < -0.4 is 0 Å². The minimum atomic E-state index is 0.859. The van der Waals surface area contributed by atoms with E-state index in [2.05, 4.69) is 32.0 Å². The van der Waals surface area contributed by atoms with Crippen LogP contribution in [-0.2, 0) is 12.8 Å². The summed E-state index contributed by atoms with van der Waals surface area (Å²) in [5.41, 5.74) is 5.06. The molecule has 3 aliphatic rings. The van der Waals surface area contributed by atoms with Crippen molar-refractivity contribution in [1.29, 1.82) is 0 Å². The standard InChI is InChI=1S/C26H40/c1-3-5-19-7-9-23-17-25(13-11-21(23)15-19)26-14-12-22-16-20(6-4-2)8-10-24(22)18-26/h11,13,17,19-20,22,24,26H,3-10,12,14-16,18H2,1-2H3. The Hall–Kier alpha value is -0.780. The van der Waals surface area contributed by atoms with Gasteiger partial charge in [-0.25, -0.2) is 0 Å². The first-order valence-electron chi connectivity index (χ1n) is 11.9. The Morgan fingerprint density at radius 3 is 2.38 bits per heavy atom. The molecule has 0 bridgehead atoms. The fraction of sp³-hybridized carbons (Fsp3) is 0.769. The molecule has 0 spiro atoms. The van der Waals surface area contributed by atoms with Crippen LogP contribution in [0.2, 0.25) is 0 Å². The van der Waals surface area contributed by atoms with Crippen LogP contribution in [0.1, 0.15) is 107 Å². The van der Waals surface area contributed by atoms with Crippen molar-refractivity contribution in [3.63, 3.8) is 0 Å². The lowest BCUT2D eigenvalue weighted by Gasteiger charge is -2.42. The van der Waals surface area contributed by atoms with Crippen LogP contribution in [0.3, 0.4) is 0 Å². The molecule has 5 unspecified atom stereocenters. The third kappa shape index (κ3) is 4.05. The quantitative estimate of drug-likeness (QED) is 0.509. The van der Waals surface area contributed by atoms with Crippen LogP contribution in [0, 0.1) is 23.7 Å². The van der Waals surface area contributed by atoms with Gasteiger partial charge in [0.1, 0.15) is 0 Å². The van der Waals surface area contributed by atoms with E-state index in [0.29, 0.717) is 0 Å². The van der Waals surface area contributed by atoms with Gasteiger partial charge in [0.05, 0.1) is 0 Å². The minimum Gasteiger partial charge on any atom is -0.0654 e. The van der Waals surface area contributed by atoms with Gasteiger partial charge in [-0.1, -0.05) is 64.2 Å². The molecule has 0 amide bonds. The second-order valence-corrected chi connectivity index (χ2v) is 9.92. The highest BCUT2D eigenvalue weighted by atomic mass is 14.4. The number of hydrogen-bond acceptors (Lipinski definition) is 0. The molecule has 2 fully saturated rings. The Labute approximate surface area is 162 Å². The Kier molecular flexibility index (Phi) is 6.07. The predicted octanol–water partition coefficient (Wildman–Crippen LogP) is 7.69. The van der Waals surface area contributed by atoms with E-state index in [9.17, 15) is 0 Å². The SMILES string of the molecule is CCCC1CCc2cc(C3CCC4CC(CCC)CCC4C3)ccc2C1. The summed E-state index contributed by atoms with van der Waals surface area (Å²) in [6.07, 6.45) is 18.8. The average molecular weight is 353 g/mol. The van der Waals surface area contributed by atoms with Gasteiger partial charge in [0, 0.05) is 0 Å². The van der Waals surface area contributed by atoms with Crippen molar-refractivity contribution in [2.24, 2.45) is 23.7 Å². The van der Waals surface area contributed by atoms with Gasteiger partial charge >= 0.3 is 0 Å². The normalized spacial score (nSPS) is 34.2. The van der Waals surface area contributed by atoms with Crippen LogP contribution in [0.4, 0.5) is 0 Å². The smallest absolute Gasteiger partial charge is 0.0159 e. The molecule has 3 aliphatic carbocycles. The summed E-state index contributed by atoms with van der Waals surface area (Å²) >= 11 is 0. The summed E-state index contributed by atoms with van der Waals surface area (Å²) in [4.78, 5) is 0. The van der Waals surface area contributed by atoms with Gasteiger partial charge in [-0.05, 0) is 97.6 Å². The summed E-state index contributed by atoms with van der Waals surface area (Å²) in [6, 6.07) is 7.66. The predicted molar refractivity (Wildman–Crippen MR) is 113 cm³/mol. The molecule has 26 heavy (non-hydrogen) atoms. The Balaban J connectivity index is 1.39. The molecule has 5 atom stereocenters. The van der Waals surface area contributed by atoms with Crippen molar-refractivity contribution in [1.82, 2.24) is 0 Å². The molecule has 144 valence electrons. The highest BCUT2D eigenvalue weighted by Gasteiger charge is 2.35. The molecule has 0 aromatic heterocycles. The third-order valence-corrected chi connectivity index (χ3v) is 8.15. The van der Waals surface area contributed by atoms with Crippen LogP contribution in [-0.4, -0.2) is 0 Å². The van der Waals surface area contributed by atoms with E-state index < -0.39 is 0 Å². The van der Waals surface area contributed by atoms with E-state index in [1.165, 1.54) is 77.0 Å². The summed E-state index contributed by atoms with van der Waals surface area (Å²) in [7, 11) is 0. The maximum Gasteiger partial charge on any atom is -0.0159 e. The third-order valence-electron chi connectivity index (χ3n) is 8.15. The highest BCUT2D eigenvalue weighted by Crippen LogP contribution is 2.48. The van der Waals surface area contributed by atoms with E-state index in [-0.39, 0.29) is 0 Å². The summed E-state index contributed by atoms with van der Waals surface area (Å²) < 4.78 is 0. The molecule has 0 nitrogen and oxygen atoms in total. The van der Waals surface area contributed by atoms with Gasteiger partial charge in [-0.3, -0.25) is 0 Å². The van der Waals surface area contributed by atoms with Crippen molar-refractivity contribution in [2.45, 2.75) is 103 Å². The molecular formula is C26H40. The Morgan fingerprint density at radius 2 is 1.54 bits per heavy atom. The van der Waals surface area contributed by atoms with E-state index in [1.807, 2.05) is 0 Å².